The number of benzene rings is 7. The van der Waals surface area contributed by atoms with E-state index in [2.05, 4.69) is 193 Å². The Morgan fingerprint density at radius 1 is 0.382 bits per heavy atom. The van der Waals surface area contributed by atoms with Crippen molar-refractivity contribution in [1.82, 2.24) is 19.5 Å². The van der Waals surface area contributed by atoms with E-state index in [0.717, 1.165) is 51.9 Å². The predicted molar refractivity (Wildman–Crippen MR) is 227 cm³/mol. The summed E-state index contributed by atoms with van der Waals surface area (Å²) in [6.07, 6.45) is 6.65. The first-order valence-electron chi connectivity index (χ1n) is 18.8. The minimum Gasteiger partial charge on any atom is -0.310 e. The number of para-hydroxylation sites is 1. The molecule has 0 atom stereocenters. The minimum absolute atomic E-state index is 0.633. The number of fused-ring (bicyclic) bond motifs is 3. The van der Waals surface area contributed by atoms with Crippen molar-refractivity contribution in [1.29, 1.82) is 0 Å². The number of hydrogen-bond donors (Lipinski definition) is 0. The van der Waals surface area contributed by atoms with Gasteiger partial charge in [0.25, 0.3) is 0 Å². The summed E-state index contributed by atoms with van der Waals surface area (Å²) in [6.45, 7) is 0. The van der Waals surface area contributed by atoms with Crippen molar-refractivity contribution in [3.05, 3.63) is 199 Å². The van der Waals surface area contributed by atoms with E-state index in [1.54, 1.807) is 0 Å². The molecule has 55 heavy (non-hydrogen) atoms. The smallest absolute Gasteiger partial charge is 0.164 e. The summed E-state index contributed by atoms with van der Waals surface area (Å²) in [5.41, 5.74) is 14.8. The zero-order chi connectivity index (χ0) is 36.6. The summed E-state index contributed by atoms with van der Waals surface area (Å²) in [4.78, 5) is 15.4. The second kappa shape index (κ2) is 14.0. The third kappa shape index (κ3) is 6.24. The Labute approximate surface area is 320 Å². The molecule has 0 saturated carbocycles. The van der Waals surface area contributed by atoms with E-state index in [0.29, 0.717) is 17.5 Å². The molecule has 1 aliphatic carbocycles. The first-order chi connectivity index (χ1) is 27.2. The SMILES string of the molecule is C1=Cc2c(c3ccccc3n2-c2cccc(-c3nc(-c4ccc(-c5ccccc5)cc4)nc(-c4ccc(-c5cccc(-c6ccccc6)c5)cc4)n3)c2)CC1. The van der Waals surface area contributed by atoms with Gasteiger partial charge < -0.3 is 4.57 Å². The summed E-state index contributed by atoms with van der Waals surface area (Å²) < 4.78 is 2.38. The molecule has 7 aromatic carbocycles. The lowest BCUT2D eigenvalue weighted by Crippen LogP contribution is -2.02. The average molecular weight is 705 g/mol. The van der Waals surface area contributed by atoms with Crippen molar-refractivity contribution in [2.24, 2.45) is 0 Å². The zero-order valence-electron chi connectivity index (χ0n) is 30.2. The van der Waals surface area contributed by atoms with Crippen molar-refractivity contribution >= 4 is 17.0 Å². The van der Waals surface area contributed by atoms with Crippen LogP contribution in [0.2, 0.25) is 0 Å². The summed E-state index contributed by atoms with van der Waals surface area (Å²) in [6, 6.07) is 64.0. The van der Waals surface area contributed by atoms with Gasteiger partial charge in [-0.25, -0.2) is 15.0 Å². The highest BCUT2D eigenvalue weighted by Crippen LogP contribution is 2.36. The molecule has 0 bridgehead atoms. The van der Waals surface area contributed by atoms with E-state index < -0.39 is 0 Å². The minimum atomic E-state index is 0.633. The van der Waals surface area contributed by atoms with Gasteiger partial charge in [-0.1, -0.05) is 164 Å². The summed E-state index contributed by atoms with van der Waals surface area (Å²) in [5.74, 6) is 1.90. The van der Waals surface area contributed by atoms with E-state index in [9.17, 15) is 0 Å². The molecule has 0 saturated heterocycles. The molecule has 0 spiro atoms. The molecule has 0 N–H and O–H groups in total. The van der Waals surface area contributed by atoms with Crippen LogP contribution in [-0.2, 0) is 6.42 Å². The lowest BCUT2D eigenvalue weighted by atomic mass is 9.98. The lowest BCUT2D eigenvalue weighted by Gasteiger charge is -2.14. The summed E-state index contributed by atoms with van der Waals surface area (Å²) in [5, 5.41) is 1.31. The molecular formula is C51H36N4. The lowest BCUT2D eigenvalue weighted by molar-refractivity contribution is 0.967. The van der Waals surface area contributed by atoms with E-state index in [-0.39, 0.29) is 0 Å². The van der Waals surface area contributed by atoms with Gasteiger partial charge in [0.2, 0.25) is 0 Å². The molecule has 0 fully saturated rings. The fourth-order valence-corrected chi connectivity index (χ4v) is 7.78. The Morgan fingerprint density at radius 2 is 0.855 bits per heavy atom. The summed E-state index contributed by atoms with van der Waals surface area (Å²) in [7, 11) is 0. The van der Waals surface area contributed by atoms with Crippen molar-refractivity contribution < 1.29 is 0 Å². The Balaban J connectivity index is 1.07. The van der Waals surface area contributed by atoms with Gasteiger partial charge in [0.05, 0.1) is 5.52 Å². The molecule has 4 nitrogen and oxygen atoms in total. The Bertz CT molecular complexity index is 2830. The number of nitrogens with zero attached hydrogens (tertiary/aromatic N) is 4. The molecule has 0 radical (unpaired) electrons. The second-order valence-corrected chi connectivity index (χ2v) is 14.0. The van der Waals surface area contributed by atoms with E-state index in [4.69, 9.17) is 15.0 Å². The molecule has 2 heterocycles. The number of allylic oxidation sites excluding steroid dienone is 1. The molecule has 9 aromatic rings. The third-order valence-electron chi connectivity index (χ3n) is 10.6. The highest BCUT2D eigenvalue weighted by molar-refractivity contribution is 5.91. The molecule has 1 aliphatic rings. The number of hydrogen-bond acceptors (Lipinski definition) is 3. The highest BCUT2D eigenvalue weighted by Gasteiger charge is 2.19. The van der Waals surface area contributed by atoms with Crippen LogP contribution in [0, 0.1) is 0 Å². The van der Waals surface area contributed by atoms with Gasteiger partial charge >= 0.3 is 0 Å². The van der Waals surface area contributed by atoms with Crippen LogP contribution in [0.15, 0.2) is 188 Å². The molecule has 260 valence electrons. The van der Waals surface area contributed by atoms with Crippen molar-refractivity contribution in [3.8, 4) is 73.2 Å². The number of rotatable bonds is 7. The zero-order valence-corrected chi connectivity index (χ0v) is 30.2. The van der Waals surface area contributed by atoms with Crippen LogP contribution < -0.4 is 0 Å². The van der Waals surface area contributed by atoms with Gasteiger partial charge in [-0.2, -0.15) is 0 Å². The third-order valence-corrected chi connectivity index (χ3v) is 10.6. The average Bonchev–Trinajstić information content (AvgIpc) is 3.61. The van der Waals surface area contributed by atoms with E-state index >= 15 is 0 Å². The van der Waals surface area contributed by atoms with Crippen LogP contribution >= 0.6 is 0 Å². The Kier molecular flexibility index (Phi) is 8.27. The first kappa shape index (κ1) is 32.5. The fraction of sp³-hybridized carbons (Fsp3) is 0.0392. The van der Waals surface area contributed by atoms with Crippen LogP contribution in [0.25, 0.3) is 90.2 Å². The van der Waals surface area contributed by atoms with Gasteiger partial charge in [0.15, 0.2) is 17.5 Å². The Morgan fingerprint density at radius 3 is 1.51 bits per heavy atom. The number of aromatic nitrogens is 4. The first-order valence-corrected chi connectivity index (χ1v) is 18.8. The standard InChI is InChI=1S/C51H36N4/c1-3-13-35(14-4-1)37-25-29-39(30-26-37)49-52-50(40-31-27-38(28-32-40)42-18-11-17-41(33-42)36-15-5-2-6-16-36)54-51(53-49)43-19-12-20-44(34-43)55-47-23-9-7-21-45(47)46-22-8-10-24-48(46)55/h1-7,9-21,23-34H,8,22H2. The van der Waals surface area contributed by atoms with Gasteiger partial charge in [0, 0.05) is 33.5 Å². The van der Waals surface area contributed by atoms with Crippen LogP contribution in [0.3, 0.4) is 0 Å². The van der Waals surface area contributed by atoms with Crippen molar-refractivity contribution in [2.75, 3.05) is 0 Å². The van der Waals surface area contributed by atoms with Gasteiger partial charge in [0.1, 0.15) is 0 Å². The molecule has 10 rings (SSSR count). The molecule has 0 aliphatic heterocycles. The maximum atomic E-state index is 5.15. The molecule has 0 amide bonds. The Hall–Kier alpha value is -7.17. The molecule has 0 unspecified atom stereocenters. The largest absolute Gasteiger partial charge is 0.310 e. The van der Waals surface area contributed by atoms with Gasteiger partial charge in [-0.05, 0) is 82.1 Å². The highest BCUT2D eigenvalue weighted by atomic mass is 15.0. The second-order valence-electron chi connectivity index (χ2n) is 14.0. The van der Waals surface area contributed by atoms with Crippen LogP contribution in [-0.4, -0.2) is 19.5 Å². The fourth-order valence-electron chi connectivity index (χ4n) is 7.78. The van der Waals surface area contributed by atoms with Gasteiger partial charge in [-0.15, -0.1) is 0 Å². The molecule has 2 aromatic heterocycles. The van der Waals surface area contributed by atoms with E-state index in [1.165, 1.54) is 38.9 Å². The predicted octanol–water partition coefficient (Wildman–Crippen LogP) is 12.8. The van der Waals surface area contributed by atoms with Crippen molar-refractivity contribution in [2.45, 2.75) is 12.8 Å². The molecular weight excluding hydrogens is 669 g/mol. The topological polar surface area (TPSA) is 43.6 Å². The normalized spacial score (nSPS) is 12.1. The van der Waals surface area contributed by atoms with Gasteiger partial charge in [-0.3, -0.25) is 0 Å². The van der Waals surface area contributed by atoms with E-state index in [1.807, 2.05) is 6.07 Å². The van der Waals surface area contributed by atoms with Crippen molar-refractivity contribution in [3.63, 3.8) is 0 Å². The summed E-state index contributed by atoms with van der Waals surface area (Å²) >= 11 is 0. The number of aryl methyl sites for hydroxylation is 1. The quantitative estimate of drug-likeness (QED) is 0.166. The molecule has 4 heteroatoms. The van der Waals surface area contributed by atoms with Crippen LogP contribution in [0.1, 0.15) is 17.7 Å². The maximum Gasteiger partial charge on any atom is 0.164 e. The maximum absolute atomic E-state index is 5.15. The van der Waals surface area contributed by atoms with Crippen LogP contribution in [0.5, 0.6) is 0 Å². The monoisotopic (exact) mass is 704 g/mol. The van der Waals surface area contributed by atoms with Crippen LogP contribution in [0.4, 0.5) is 0 Å².